The number of β-lactam (4-membered cyclic amide) rings is 1. The Morgan fingerprint density at radius 2 is 2.15 bits per heavy atom. The summed E-state index contributed by atoms with van der Waals surface area (Å²) >= 11 is 2.21. The van der Waals surface area contributed by atoms with Crippen LogP contribution >= 0.6 is 31.4 Å². The van der Waals surface area contributed by atoms with Gasteiger partial charge in [0.05, 0.1) is 18.8 Å². The van der Waals surface area contributed by atoms with Crippen LogP contribution in [0, 0.1) is 0 Å². The van der Waals surface area contributed by atoms with Gasteiger partial charge in [0.25, 0.3) is 11.8 Å². The van der Waals surface area contributed by atoms with Crippen molar-refractivity contribution in [2.75, 3.05) is 43.8 Å². The molecule has 2 amide bonds. The van der Waals surface area contributed by atoms with Crippen LogP contribution in [0.25, 0.3) is 0 Å². The molecule has 3 N–H and O–H groups in total. The Bertz CT molecular complexity index is 1540. The van der Waals surface area contributed by atoms with Crippen LogP contribution in [-0.4, -0.2) is 104 Å². The lowest BCUT2D eigenvalue weighted by atomic mass is 10.1. The fourth-order valence-corrected chi connectivity index (χ4v) is 7.98. The molecule has 4 atom stereocenters. The Hall–Kier alpha value is -3.87. The number of rotatable bonds is 14. The molecule has 2 aromatic rings. The number of nitrogens with zero attached hydrogens (tertiary/aromatic N) is 6. The number of pyridine rings is 1. The smallest absolute Gasteiger partial charge is 0.449 e. The van der Waals surface area contributed by atoms with E-state index in [1.54, 1.807) is 4.67 Å². The van der Waals surface area contributed by atoms with Crippen LogP contribution < -0.4 is 15.0 Å². The third-order valence-electron chi connectivity index (χ3n) is 6.73. The van der Waals surface area contributed by atoms with Gasteiger partial charge in [-0.25, -0.2) is 14.0 Å². The third kappa shape index (κ3) is 7.73. The molecule has 0 aliphatic carbocycles. The number of fused-ring (bicyclic) bond motifs is 1. The maximum atomic E-state index is 13.5. The lowest BCUT2D eigenvalue weighted by Gasteiger charge is -2.48. The van der Waals surface area contributed by atoms with Gasteiger partial charge >= 0.3 is 6.16 Å². The topological polar surface area (TPSA) is 198 Å². The van der Waals surface area contributed by atoms with Gasteiger partial charge in [-0.1, -0.05) is 23.9 Å². The van der Waals surface area contributed by atoms with E-state index in [1.807, 2.05) is 42.1 Å². The molecule has 3 aliphatic rings. The summed E-state index contributed by atoms with van der Waals surface area (Å²) in [5.74, 6) is -1.22. The van der Waals surface area contributed by atoms with Crippen molar-refractivity contribution in [1.82, 2.24) is 24.2 Å². The van der Waals surface area contributed by atoms with Gasteiger partial charge in [0.15, 0.2) is 18.9 Å². The number of thioether (sulfide) groups is 1. The second kappa shape index (κ2) is 15.6. The standard InChI is InChI=1S/C26H31N8O9PS2/c1-3-11-42-29-18(20-28-25(46-31-20)30-44(39)33-10-12-40-14-17(33)41-4-2)21(35)27-19-22(36)34-23(43-26(37)38)16(15-45-24(19)34)13-32-8-6-5-7-9-32/h3,5-9,17,19,24,44H,1,4,10-15H2,2H3,(H2-,27,28,30,31,35,37,38,39)/p+1/t17?,19?,24-/m0/s1. The van der Waals surface area contributed by atoms with Crippen LogP contribution in [0.4, 0.5) is 9.93 Å². The molecule has 5 heterocycles. The predicted octanol–water partition coefficient (Wildman–Crippen LogP) is 1.24. The van der Waals surface area contributed by atoms with Crippen molar-refractivity contribution in [2.45, 2.75) is 31.1 Å². The number of oxime groups is 1. The highest BCUT2D eigenvalue weighted by Gasteiger charge is 2.55. The van der Waals surface area contributed by atoms with E-state index in [4.69, 9.17) is 19.0 Å². The number of aromatic nitrogens is 3. The van der Waals surface area contributed by atoms with Crippen LogP contribution in [0.1, 0.15) is 12.7 Å². The summed E-state index contributed by atoms with van der Waals surface area (Å²) in [6, 6.07) is 4.48. The Kier molecular flexibility index (Phi) is 11.4. The minimum atomic E-state index is -2.60. The van der Waals surface area contributed by atoms with E-state index in [0.29, 0.717) is 37.6 Å². The summed E-state index contributed by atoms with van der Waals surface area (Å²) in [6.07, 6.45) is 3.00. The number of morpholine rings is 1. The highest BCUT2D eigenvalue weighted by atomic mass is 32.2. The zero-order valence-electron chi connectivity index (χ0n) is 24.6. The number of nitrogens with one attached hydrogen (secondary N) is 2. The molecule has 5 rings (SSSR count). The van der Waals surface area contributed by atoms with Crippen molar-refractivity contribution < 1.29 is 47.7 Å². The lowest BCUT2D eigenvalue weighted by molar-refractivity contribution is -0.689. The Morgan fingerprint density at radius 1 is 1.35 bits per heavy atom. The van der Waals surface area contributed by atoms with Gasteiger partial charge in [-0.3, -0.25) is 19.1 Å². The van der Waals surface area contributed by atoms with E-state index in [1.165, 1.54) is 22.7 Å². The molecule has 2 fully saturated rings. The molecular weight excluding hydrogens is 663 g/mol. The summed E-state index contributed by atoms with van der Waals surface area (Å²) in [6.45, 7) is 7.14. The quantitative estimate of drug-likeness (QED) is 0.0373. The molecule has 3 aliphatic heterocycles. The monoisotopic (exact) mass is 695 g/mol. The van der Waals surface area contributed by atoms with Gasteiger partial charge in [0.2, 0.25) is 30.7 Å². The minimum absolute atomic E-state index is 0.0208. The summed E-state index contributed by atoms with van der Waals surface area (Å²) < 4.78 is 36.9. The highest BCUT2D eigenvalue weighted by Crippen LogP contribution is 2.41. The first-order chi connectivity index (χ1) is 22.3. The van der Waals surface area contributed by atoms with Crippen LogP contribution in [-0.2, 0) is 39.7 Å². The van der Waals surface area contributed by atoms with E-state index in [-0.39, 0.29) is 35.8 Å². The largest absolute Gasteiger partial charge is 0.512 e. The van der Waals surface area contributed by atoms with Crippen molar-refractivity contribution in [3.05, 3.63) is 60.5 Å². The molecule has 0 spiro atoms. The molecule has 46 heavy (non-hydrogen) atoms. The number of ether oxygens (including phenoxy) is 3. The van der Waals surface area contributed by atoms with E-state index in [2.05, 4.69) is 31.5 Å². The number of carbonyl (C=O) groups excluding carboxylic acids is 2. The molecule has 2 aromatic heterocycles. The van der Waals surface area contributed by atoms with Gasteiger partial charge in [-0.2, -0.15) is 9.36 Å². The zero-order valence-corrected chi connectivity index (χ0v) is 27.2. The molecule has 3 unspecified atom stereocenters. The maximum Gasteiger partial charge on any atom is 0.512 e. The molecule has 2 saturated heterocycles. The molecule has 20 heteroatoms. The summed E-state index contributed by atoms with van der Waals surface area (Å²) in [7, 11) is -2.60. The van der Waals surface area contributed by atoms with Gasteiger partial charge in [0, 0.05) is 42.6 Å². The number of anilines is 1. The van der Waals surface area contributed by atoms with Crippen LogP contribution in [0.2, 0.25) is 0 Å². The number of carboxylic acid groups (broad SMARTS) is 1. The van der Waals surface area contributed by atoms with Crippen LogP contribution in [0.3, 0.4) is 0 Å². The highest BCUT2D eigenvalue weighted by molar-refractivity contribution is 8.00. The first-order valence-electron chi connectivity index (χ1n) is 14.0. The second-order valence-electron chi connectivity index (χ2n) is 9.74. The van der Waals surface area contributed by atoms with Crippen LogP contribution in [0.15, 0.2) is 59.9 Å². The Morgan fingerprint density at radius 3 is 2.89 bits per heavy atom. The lowest BCUT2D eigenvalue weighted by Crippen LogP contribution is -2.70. The Balaban J connectivity index is 1.29. The predicted molar refractivity (Wildman–Crippen MR) is 166 cm³/mol. The molecule has 0 aromatic carbocycles. The number of carbonyl (C=O) groups is 3. The fraction of sp³-hybridized carbons (Fsp3) is 0.423. The molecule has 0 saturated carbocycles. The number of hydrogen-bond acceptors (Lipinski definition) is 13. The average Bonchev–Trinajstić information content (AvgIpc) is 3.50. The van der Waals surface area contributed by atoms with Crippen LogP contribution in [0.5, 0.6) is 0 Å². The maximum absolute atomic E-state index is 13.5. The summed E-state index contributed by atoms with van der Waals surface area (Å²) in [5, 5.41) is 18.3. The summed E-state index contributed by atoms with van der Waals surface area (Å²) in [4.78, 5) is 49.0. The Labute approximate surface area is 272 Å². The van der Waals surface area contributed by atoms with Crippen molar-refractivity contribution in [2.24, 2.45) is 5.16 Å². The molecule has 0 bridgehead atoms. The minimum Gasteiger partial charge on any atom is -0.449 e. The van der Waals surface area contributed by atoms with E-state index in [9.17, 15) is 24.1 Å². The SMILES string of the molecule is C=CCON=C(C(=O)NC1C(=O)N2C(OC(=O)O)=C(C[n+]3ccccc3)CS[C@@H]12)c1nsc(N[PH](=O)N2CCOCC2OCC)n1. The van der Waals surface area contributed by atoms with Gasteiger partial charge in [-0.05, 0) is 6.92 Å². The number of amides is 2. The van der Waals surface area contributed by atoms with Crippen molar-refractivity contribution in [1.29, 1.82) is 0 Å². The first-order valence-corrected chi connectivity index (χ1v) is 17.2. The molecule has 246 valence electrons. The van der Waals surface area contributed by atoms with Gasteiger partial charge < -0.3 is 34.6 Å². The molecule has 0 radical (unpaired) electrons. The zero-order chi connectivity index (χ0) is 32.6. The number of hydrogen-bond donors (Lipinski definition) is 3. The third-order valence-corrected chi connectivity index (χ3v) is 10.4. The van der Waals surface area contributed by atoms with Gasteiger partial charge in [-0.15, -0.1) is 11.8 Å². The normalized spacial score (nSPS) is 22.4. The van der Waals surface area contributed by atoms with E-state index in [0.717, 1.165) is 11.5 Å². The average molecular weight is 696 g/mol. The van der Waals surface area contributed by atoms with E-state index < -0.39 is 43.7 Å². The van der Waals surface area contributed by atoms with Crippen molar-refractivity contribution in [3.8, 4) is 0 Å². The second-order valence-corrected chi connectivity index (χ2v) is 13.0. The molecular formula is C26H32N8O9PS2+. The van der Waals surface area contributed by atoms with Gasteiger partial charge in [0.1, 0.15) is 24.3 Å². The fourth-order valence-electron chi connectivity index (χ4n) is 4.70. The summed E-state index contributed by atoms with van der Waals surface area (Å²) in [5.41, 5.74) is 0.267. The first kappa shape index (κ1) is 33.5. The van der Waals surface area contributed by atoms with E-state index >= 15 is 0 Å². The van der Waals surface area contributed by atoms with Crippen molar-refractivity contribution >= 4 is 60.2 Å². The molecule has 17 nitrogen and oxygen atoms in total. The van der Waals surface area contributed by atoms with Crippen molar-refractivity contribution in [3.63, 3.8) is 0 Å².